The molecule has 0 aromatic heterocycles. The second kappa shape index (κ2) is 9.19. The minimum atomic E-state index is -3.72. The van der Waals surface area contributed by atoms with Gasteiger partial charge in [0.2, 0.25) is 15.9 Å². The molecule has 9 heteroatoms. The van der Waals surface area contributed by atoms with E-state index in [1.165, 1.54) is 16.4 Å². The summed E-state index contributed by atoms with van der Waals surface area (Å²) in [5.41, 5.74) is 5.85. The fourth-order valence-corrected chi connectivity index (χ4v) is 4.05. The fourth-order valence-electron chi connectivity index (χ4n) is 2.09. The zero-order chi connectivity index (χ0) is 18.7. The Morgan fingerprint density at radius 3 is 2.24 bits per heavy atom. The summed E-state index contributed by atoms with van der Waals surface area (Å²) < 4.78 is 26.6. The van der Waals surface area contributed by atoms with Crippen LogP contribution in [-0.4, -0.2) is 37.8 Å². The number of benzene rings is 1. The van der Waals surface area contributed by atoms with Crippen molar-refractivity contribution in [3.63, 3.8) is 0 Å². The summed E-state index contributed by atoms with van der Waals surface area (Å²) in [6.07, 6.45) is 0. The maximum Gasteiger partial charge on any atom is 0.244 e. The number of nitrogens with zero attached hydrogens (tertiary/aromatic N) is 1. The number of sulfonamides is 1. The van der Waals surface area contributed by atoms with E-state index >= 15 is 0 Å². The van der Waals surface area contributed by atoms with Crippen molar-refractivity contribution >= 4 is 45.6 Å². The van der Waals surface area contributed by atoms with Crippen molar-refractivity contribution in [3.8, 4) is 0 Å². The summed E-state index contributed by atoms with van der Waals surface area (Å²) in [4.78, 5) is 12.2. The number of carbonyl (C=O) groups excluding carboxylic acids is 1. The second-order valence-electron chi connectivity index (χ2n) is 6.57. The van der Waals surface area contributed by atoms with Crippen LogP contribution in [0.25, 0.3) is 0 Å². The highest BCUT2D eigenvalue weighted by atomic mass is 35.5. The molecule has 1 rings (SSSR count). The normalized spacial score (nSPS) is 13.3. The van der Waals surface area contributed by atoms with Gasteiger partial charge >= 0.3 is 0 Å². The number of rotatable bonds is 6. The predicted octanol–water partition coefficient (Wildman–Crippen LogP) is 3.10. The third-order valence-corrected chi connectivity index (χ3v) is 6.27. The summed E-state index contributed by atoms with van der Waals surface area (Å²) >= 11 is 6.07. The van der Waals surface area contributed by atoms with Crippen molar-refractivity contribution in [1.29, 1.82) is 0 Å². The lowest BCUT2D eigenvalue weighted by Gasteiger charge is -2.26. The van der Waals surface area contributed by atoms with Crippen LogP contribution in [0.2, 0.25) is 5.02 Å². The Labute approximate surface area is 161 Å². The summed E-state index contributed by atoms with van der Waals surface area (Å²) in [7, 11) is -3.72. The first-order valence-electron chi connectivity index (χ1n) is 7.81. The molecule has 0 heterocycles. The Morgan fingerprint density at radius 1 is 1.28 bits per heavy atom. The van der Waals surface area contributed by atoms with Gasteiger partial charge in [0.15, 0.2) is 0 Å². The fraction of sp³-hybridized carbons (Fsp3) is 0.562. The quantitative estimate of drug-likeness (QED) is 0.751. The molecule has 1 atom stereocenters. The second-order valence-corrected chi connectivity index (χ2v) is 8.88. The minimum Gasteiger partial charge on any atom is -0.325 e. The Kier molecular flexibility index (Phi) is 8.87. The van der Waals surface area contributed by atoms with Crippen LogP contribution in [0.3, 0.4) is 0 Å². The monoisotopic (exact) mass is 411 g/mol. The van der Waals surface area contributed by atoms with Crippen molar-refractivity contribution in [2.24, 2.45) is 11.1 Å². The average Bonchev–Trinajstić information content (AvgIpc) is 2.48. The molecule has 0 aliphatic carbocycles. The van der Waals surface area contributed by atoms with Gasteiger partial charge in [-0.1, -0.05) is 46.2 Å². The van der Waals surface area contributed by atoms with E-state index in [0.717, 1.165) is 0 Å². The number of nitrogens with two attached hydrogens (primary N) is 1. The van der Waals surface area contributed by atoms with E-state index in [1.807, 2.05) is 20.8 Å². The molecular weight excluding hydrogens is 385 g/mol. The molecule has 6 nitrogen and oxygen atoms in total. The largest absolute Gasteiger partial charge is 0.325 e. The van der Waals surface area contributed by atoms with Gasteiger partial charge in [-0.2, -0.15) is 4.31 Å². The molecule has 0 aliphatic heterocycles. The summed E-state index contributed by atoms with van der Waals surface area (Å²) in [5.74, 6) is -0.379. The third kappa shape index (κ3) is 5.82. The van der Waals surface area contributed by atoms with Crippen LogP contribution in [0.1, 0.15) is 34.6 Å². The number of anilines is 1. The number of nitrogens with one attached hydrogen (secondary N) is 1. The molecule has 3 N–H and O–H groups in total. The molecule has 0 saturated carbocycles. The smallest absolute Gasteiger partial charge is 0.244 e. The molecule has 144 valence electrons. The molecule has 0 fully saturated rings. The molecule has 1 aromatic rings. The van der Waals surface area contributed by atoms with Crippen LogP contribution >= 0.6 is 24.0 Å². The van der Waals surface area contributed by atoms with Crippen LogP contribution in [0.15, 0.2) is 23.1 Å². The van der Waals surface area contributed by atoms with Crippen LogP contribution in [0.5, 0.6) is 0 Å². The van der Waals surface area contributed by atoms with Gasteiger partial charge in [0.25, 0.3) is 0 Å². The third-order valence-electron chi connectivity index (χ3n) is 3.74. The van der Waals surface area contributed by atoms with Crippen molar-refractivity contribution in [1.82, 2.24) is 4.31 Å². The van der Waals surface area contributed by atoms with Crippen LogP contribution in [-0.2, 0) is 14.8 Å². The molecule has 0 radical (unpaired) electrons. The van der Waals surface area contributed by atoms with Crippen molar-refractivity contribution in [2.45, 2.75) is 45.6 Å². The lowest BCUT2D eigenvalue weighted by molar-refractivity contribution is -0.119. The Hall–Kier alpha value is -0.860. The van der Waals surface area contributed by atoms with Gasteiger partial charge in [-0.05, 0) is 23.6 Å². The molecule has 0 bridgehead atoms. The van der Waals surface area contributed by atoms with E-state index in [2.05, 4.69) is 5.32 Å². The number of hydrogen-bond acceptors (Lipinski definition) is 4. The maximum absolute atomic E-state index is 12.7. The maximum atomic E-state index is 12.7. The molecule has 0 aliphatic rings. The van der Waals surface area contributed by atoms with E-state index < -0.39 is 21.5 Å². The molecule has 1 aromatic carbocycles. The van der Waals surface area contributed by atoms with Crippen molar-refractivity contribution < 1.29 is 13.2 Å². The van der Waals surface area contributed by atoms with Gasteiger partial charge in [0.05, 0.1) is 11.1 Å². The van der Waals surface area contributed by atoms with Crippen molar-refractivity contribution in [2.75, 3.05) is 18.4 Å². The number of hydrogen-bond donors (Lipinski definition) is 2. The Morgan fingerprint density at radius 2 is 1.80 bits per heavy atom. The van der Waals surface area contributed by atoms with E-state index in [4.69, 9.17) is 17.3 Å². The van der Waals surface area contributed by atoms with Gasteiger partial charge in [-0.3, -0.25) is 4.79 Å². The van der Waals surface area contributed by atoms with Crippen LogP contribution in [0, 0.1) is 5.41 Å². The highest BCUT2D eigenvalue weighted by Gasteiger charge is 2.28. The average molecular weight is 412 g/mol. The first-order chi connectivity index (χ1) is 10.9. The van der Waals surface area contributed by atoms with E-state index in [0.29, 0.717) is 18.8 Å². The summed E-state index contributed by atoms with van der Waals surface area (Å²) in [5, 5.41) is 2.77. The van der Waals surface area contributed by atoms with E-state index in [9.17, 15) is 13.2 Å². The minimum absolute atomic E-state index is 0. The standard InChI is InChI=1S/C16H26ClN3O3S.ClH/c1-6-20(7-2)24(22,23)13-10-11(8-9-12(13)17)19-15(21)14(18)16(3,4)5;/h8-10,14H,6-7,18H2,1-5H3,(H,19,21);1H/t14-;/m1./s1. The summed E-state index contributed by atoms with van der Waals surface area (Å²) in [6.45, 7) is 9.74. The number of amides is 1. The lowest BCUT2D eigenvalue weighted by Crippen LogP contribution is -2.45. The molecule has 0 saturated heterocycles. The van der Waals surface area contributed by atoms with Gasteiger partial charge in [0, 0.05) is 18.8 Å². The Bertz CT molecular complexity index is 699. The van der Waals surface area contributed by atoms with Gasteiger partial charge in [-0.15, -0.1) is 12.4 Å². The molecule has 1 amide bonds. The summed E-state index contributed by atoms with van der Waals surface area (Å²) in [6, 6.07) is 3.65. The van der Waals surface area contributed by atoms with E-state index in [-0.39, 0.29) is 28.2 Å². The highest BCUT2D eigenvalue weighted by molar-refractivity contribution is 7.89. The van der Waals surface area contributed by atoms with E-state index in [1.54, 1.807) is 19.9 Å². The SMILES string of the molecule is CCN(CC)S(=O)(=O)c1cc(NC(=O)[C@@H](N)C(C)(C)C)ccc1Cl.Cl. The van der Waals surface area contributed by atoms with Crippen LogP contribution < -0.4 is 11.1 Å². The number of carbonyl (C=O) groups is 1. The molecule has 25 heavy (non-hydrogen) atoms. The number of halogens is 2. The van der Waals surface area contributed by atoms with Gasteiger partial charge < -0.3 is 11.1 Å². The predicted molar refractivity (Wildman–Crippen MR) is 105 cm³/mol. The van der Waals surface area contributed by atoms with Gasteiger partial charge in [-0.25, -0.2) is 8.42 Å². The Balaban J connectivity index is 0.00000576. The molecule has 0 spiro atoms. The topological polar surface area (TPSA) is 92.5 Å². The highest BCUT2D eigenvalue weighted by Crippen LogP contribution is 2.28. The first-order valence-corrected chi connectivity index (χ1v) is 9.63. The first kappa shape index (κ1) is 24.1. The van der Waals surface area contributed by atoms with Gasteiger partial charge in [0.1, 0.15) is 4.90 Å². The zero-order valence-electron chi connectivity index (χ0n) is 15.2. The zero-order valence-corrected chi connectivity index (χ0v) is 17.6. The molecule has 0 unspecified atom stereocenters. The van der Waals surface area contributed by atoms with Crippen molar-refractivity contribution in [3.05, 3.63) is 23.2 Å². The van der Waals surface area contributed by atoms with Crippen LogP contribution in [0.4, 0.5) is 5.69 Å². The lowest BCUT2D eigenvalue weighted by atomic mass is 9.87. The molecular formula is C16H27Cl2N3O3S.